The highest BCUT2D eigenvalue weighted by Crippen LogP contribution is 2.43. The second-order valence-electron chi connectivity index (χ2n) is 8.61. The Labute approximate surface area is 119 Å². The average molecular weight is 267 g/mol. The van der Waals surface area contributed by atoms with Gasteiger partial charge in [0.2, 0.25) is 0 Å². The van der Waals surface area contributed by atoms with E-state index in [-0.39, 0.29) is 0 Å². The van der Waals surface area contributed by atoms with Crippen LogP contribution in [0.4, 0.5) is 0 Å². The lowest BCUT2D eigenvalue weighted by Gasteiger charge is -2.52. The highest BCUT2D eigenvalue weighted by Gasteiger charge is 2.44. The number of likely N-dealkylation sites (tertiary alicyclic amines) is 1. The number of nitrogens with zero attached hydrogens (tertiary/aromatic N) is 1. The first-order chi connectivity index (χ1) is 8.67. The molecule has 2 rings (SSSR count). The van der Waals surface area contributed by atoms with E-state index in [1.165, 1.54) is 32.4 Å². The van der Waals surface area contributed by atoms with E-state index in [4.69, 9.17) is 4.74 Å². The molecule has 0 N–H and O–H groups in total. The van der Waals surface area contributed by atoms with E-state index in [1.54, 1.807) is 0 Å². The third-order valence-electron chi connectivity index (χ3n) is 5.95. The lowest BCUT2D eigenvalue weighted by molar-refractivity contribution is -0.148. The van der Waals surface area contributed by atoms with Crippen LogP contribution in [0.15, 0.2) is 0 Å². The SMILES string of the molecule is CC(C)C(C)(C)CC(C)(C)N1CCC2(CC1)COC2. The smallest absolute Gasteiger partial charge is 0.0545 e. The maximum atomic E-state index is 5.43. The van der Waals surface area contributed by atoms with Gasteiger partial charge in [-0.25, -0.2) is 0 Å². The molecule has 0 atom stereocenters. The van der Waals surface area contributed by atoms with Gasteiger partial charge in [-0.3, -0.25) is 4.90 Å². The summed E-state index contributed by atoms with van der Waals surface area (Å²) in [5, 5.41) is 0. The van der Waals surface area contributed by atoms with Crippen molar-refractivity contribution in [2.75, 3.05) is 26.3 Å². The zero-order valence-electron chi connectivity index (χ0n) is 13.9. The summed E-state index contributed by atoms with van der Waals surface area (Å²) < 4.78 is 5.43. The Kier molecular flexibility index (Phi) is 4.06. The van der Waals surface area contributed by atoms with Crippen LogP contribution in [0.25, 0.3) is 0 Å². The van der Waals surface area contributed by atoms with Crippen LogP contribution in [0.3, 0.4) is 0 Å². The minimum atomic E-state index is 0.319. The van der Waals surface area contributed by atoms with E-state index in [0.29, 0.717) is 16.4 Å². The zero-order chi connectivity index (χ0) is 14.3. The molecule has 0 amide bonds. The highest BCUT2D eigenvalue weighted by atomic mass is 16.5. The van der Waals surface area contributed by atoms with Gasteiger partial charge in [0.1, 0.15) is 0 Å². The van der Waals surface area contributed by atoms with Crippen LogP contribution in [0.5, 0.6) is 0 Å². The third-order valence-corrected chi connectivity index (χ3v) is 5.95. The fourth-order valence-corrected chi connectivity index (χ4v) is 3.70. The van der Waals surface area contributed by atoms with E-state index < -0.39 is 0 Å². The summed E-state index contributed by atoms with van der Waals surface area (Å²) in [6.45, 7) is 19.0. The van der Waals surface area contributed by atoms with E-state index in [0.717, 1.165) is 19.1 Å². The quantitative estimate of drug-likeness (QED) is 0.764. The molecule has 0 aromatic carbocycles. The summed E-state index contributed by atoms with van der Waals surface area (Å²) >= 11 is 0. The fourth-order valence-electron chi connectivity index (χ4n) is 3.70. The summed E-state index contributed by atoms with van der Waals surface area (Å²) in [6, 6.07) is 0. The molecule has 2 saturated heterocycles. The van der Waals surface area contributed by atoms with Gasteiger partial charge in [-0.2, -0.15) is 0 Å². The lowest BCUT2D eigenvalue weighted by atomic mass is 9.70. The van der Waals surface area contributed by atoms with Crippen molar-refractivity contribution in [1.82, 2.24) is 4.90 Å². The van der Waals surface area contributed by atoms with Crippen molar-refractivity contribution in [2.24, 2.45) is 16.7 Å². The first kappa shape index (κ1) is 15.3. The number of hydrogen-bond acceptors (Lipinski definition) is 2. The molecule has 112 valence electrons. The van der Waals surface area contributed by atoms with E-state index in [9.17, 15) is 0 Å². The van der Waals surface area contributed by atoms with E-state index >= 15 is 0 Å². The van der Waals surface area contributed by atoms with Crippen molar-refractivity contribution < 1.29 is 4.74 Å². The van der Waals surface area contributed by atoms with Gasteiger partial charge in [-0.15, -0.1) is 0 Å². The fraction of sp³-hybridized carbons (Fsp3) is 1.00. The van der Waals surface area contributed by atoms with Gasteiger partial charge in [-0.1, -0.05) is 27.7 Å². The lowest BCUT2D eigenvalue weighted by Crippen LogP contribution is -2.56. The first-order valence-corrected chi connectivity index (χ1v) is 8.00. The molecule has 0 saturated carbocycles. The number of ether oxygens (including phenoxy) is 1. The molecule has 2 heterocycles. The minimum absolute atomic E-state index is 0.319. The Hall–Kier alpha value is -0.0800. The molecule has 0 aliphatic carbocycles. The normalized spacial score (nSPS) is 24.8. The second kappa shape index (κ2) is 5.04. The largest absolute Gasteiger partial charge is 0.380 e. The van der Waals surface area contributed by atoms with Crippen molar-refractivity contribution in [2.45, 2.75) is 66.3 Å². The Morgan fingerprint density at radius 1 is 1.05 bits per heavy atom. The maximum Gasteiger partial charge on any atom is 0.0545 e. The molecule has 0 aromatic heterocycles. The molecule has 1 spiro atoms. The molecule has 19 heavy (non-hydrogen) atoms. The van der Waals surface area contributed by atoms with Crippen molar-refractivity contribution >= 4 is 0 Å². The minimum Gasteiger partial charge on any atom is -0.380 e. The van der Waals surface area contributed by atoms with E-state index in [2.05, 4.69) is 46.4 Å². The molecule has 2 aliphatic rings. The van der Waals surface area contributed by atoms with Gasteiger partial charge in [0.05, 0.1) is 13.2 Å². The predicted molar refractivity (Wildman–Crippen MR) is 81.4 cm³/mol. The Balaban J connectivity index is 1.93. The van der Waals surface area contributed by atoms with Crippen molar-refractivity contribution in [3.63, 3.8) is 0 Å². The van der Waals surface area contributed by atoms with Gasteiger partial charge >= 0.3 is 0 Å². The van der Waals surface area contributed by atoms with Crippen molar-refractivity contribution in [3.05, 3.63) is 0 Å². The predicted octanol–water partition coefficient (Wildman–Crippen LogP) is 3.95. The maximum absolute atomic E-state index is 5.43. The van der Waals surface area contributed by atoms with Gasteiger partial charge < -0.3 is 4.74 Å². The van der Waals surface area contributed by atoms with Crippen LogP contribution in [-0.4, -0.2) is 36.7 Å². The summed E-state index contributed by atoms with van der Waals surface area (Å²) in [5.41, 5.74) is 1.29. The third kappa shape index (κ3) is 3.16. The highest BCUT2D eigenvalue weighted by molar-refractivity contribution is 4.96. The molecule has 0 aromatic rings. The molecule has 0 radical (unpaired) electrons. The Morgan fingerprint density at radius 2 is 1.58 bits per heavy atom. The molecular formula is C17H33NO. The van der Waals surface area contributed by atoms with E-state index in [1.807, 2.05) is 0 Å². The summed E-state index contributed by atoms with van der Waals surface area (Å²) in [6.07, 6.45) is 3.94. The monoisotopic (exact) mass is 267 g/mol. The Morgan fingerprint density at radius 3 is 1.95 bits per heavy atom. The summed E-state index contributed by atoms with van der Waals surface area (Å²) in [7, 11) is 0. The summed E-state index contributed by atoms with van der Waals surface area (Å²) in [5.74, 6) is 0.739. The number of hydrogen-bond donors (Lipinski definition) is 0. The molecule has 2 aliphatic heterocycles. The zero-order valence-corrected chi connectivity index (χ0v) is 13.9. The van der Waals surface area contributed by atoms with Crippen LogP contribution < -0.4 is 0 Å². The molecule has 0 unspecified atom stereocenters. The molecule has 2 fully saturated rings. The number of rotatable bonds is 4. The number of piperidine rings is 1. The first-order valence-electron chi connectivity index (χ1n) is 8.00. The van der Waals surface area contributed by atoms with Crippen LogP contribution in [-0.2, 0) is 4.74 Å². The van der Waals surface area contributed by atoms with Crippen LogP contribution in [0, 0.1) is 16.7 Å². The van der Waals surface area contributed by atoms with Gasteiger partial charge in [0, 0.05) is 11.0 Å². The Bertz CT molecular complexity index is 305. The standard InChI is InChI=1S/C17H33NO/c1-14(2)15(3,4)11-16(5,6)18-9-7-17(8-10-18)12-19-13-17/h14H,7-13H2,1-6H3. The van der Waals surface area contributed by atoms with Gasteiger partial charge in [-0.05, 0) is 57.5 Å². The van der Waals surface area contributed by atoms with Crippen LogP contribution in [0.1, 0.15) is 60.8 Å². The van der Waals surface area contributed by atoms with Crippen LogP contribution in [0.2, 0.25) is 0 Å². The molecular weight excluding hydrogens is 234 g/mol. The summed E-state index contributed by atoms with van der Waals surface area (Å²) in [4.78, 5) is 2.72. The van der Waals surface area contributed by atoms with Gasteiger partial charge in [0.15, 0.2) is 0 Å². The van der Waals surface area contributed by atoms with Crippen molar-refractivity contribution in [3.8, 4) is 0 Å². The second-order valence-corrected chi connectivity index (χ2v) is 8.61. The molecule has 0 bridgehead atoms. The van der Waals surface area contributed by atoms with Crippen LogP contribution >= 0.6 is 0 Å². The average Bonchev–Trinajstić information content (AvgIpc) is 2.25. The van der Waals surface area contributed by atoms with Gasteiger partial charge in [0.25, 0.3) is 0 Å². The topological polar surface area (TPSA) is 12.5 Å². The molecule has 2 heteroatoms. The molecule has 2 nitrogen and oxygen atoms in total. The van der Waals surface area contributed by atoms with Crippen molar-refractivity contribution in [1.29, 1.82) is 0 Å².